The summed E-state index contributed by atoms with van der Waals surface area (Å²) in [5, 5.41) is 3.45. The van der Waals surface area contributed by atoms with Gasteiger partial charge in [0.1, 0.15) is 0 Å². The lowest BCUT2D eigenvalue weighted by molar-refractivity contribution is -0.147. The van der Waals surface area contributed by atoms with Gasteiger partial charge in [-0.05, 0) is 0 Å². The van der Waals surface area contributed by atoms with E-state index < -0.39 is 12.0 Å². The lowest BCUT2D eigenvalue weighted by atomic mass is 10.6. The van der Waals surface area contributed by atoms with Crippen molar-refractivity contribution < 1.29 is 13.2 Å². The van der Waals surface area contributed by atoms with Crippen LogP contribution in [0.2, 0.25) is 0 Å². The van der Waals surface area contributed by atoms with Crippen LogP contribution in [0.4, 0.5) is 13.2 Å². The maximum atomic E-state index is 12.0. The fourth-order valence-electron chi connectivity index (χ4n) is 0.741. The minimum absolute atomic E-state index is 0.0218. The third kappa shape index (κ3) is 1.69. The van der Waals surface area contributed by atoms with Crippen molar-refractivity contribution in [1.29, 1.82) is 0 Å². The monoisotopic (exact) mass is 199 g/mol. The predicted octanol–water partition coefficient (Wildman–Crippen LogP) is 1.57. The normalized spacial score (nSPS) is 12.1. The van der Waals surface area contributed by atoms with Gasteiger partial charge in [-0.25, -0.2) is 9.67 Å². The summed E-state index contributed by atoms with van der Waals surface area (Å²) < 4.78 is 36.8. The Hall–Kier alpha value is -0.780. The third-order valence-electron chi connectivity index (χ3n) is 1.18. The number of nitrogens with zero attached hydrogens (tertiary/aromatic N) is 3. The van der Waals surface area contributed by atoms with Gasteiger partial charge in [-0.15, -0.1) is 11.6 Å². The first-order chi connectivity index (χ1) is 5.45. The van der Waals surface area contributed by atoms with Crippen molar-refractivity contribution >= 4 is 11.6 Å². The number of hydrogen-bond acceptors (Lipinski definition) is 2. The van der Waals surface area contributed by atoms with Crippen molar-refractivity contribution in [2.45, 2.75) is 12.1 Å². The molecule has 7 heteroatoms. The topological polar surface area (TPSA) is 30.7 Å². The molecule has 0 N–H and O–H groups in total. The molecule has 0 radical (unpaired) electrons. The van der Waals surface area contributed by atoms with Crippen LogP contribution in [0.1, 0.15) is 11.6 Å². The van der Waals surface area contributed by atoms with Gasteiger partial charge in [0.2, 0.25) is 5.82 Å². The summed E-state index contributed by atoms with van der Waals surface area (Å²) in [6.07, 6.45) is -4.47. The molecule has 68 valence electrons. The molecule has 0 spiro atoms. The number of aryl methyl sites for hydroxylation is 1. The smallest absolute Gasteiger partial charge is 0.245 e. The van der Waals surface area contributed by atoms with E-state index in [2.05, 4.69) is 10.1 Å². The summed E-state index contributed by atoms with van der Waals surface area (Å²) in [6, 6.07) is 0. The molecule has 0 aliphatic carbocycles. The van der Waals surface area contributed by atoms with E-state index in [1.54, 1.807) is 0 Å². The third-order valence-corrected chi connectivity index (χ3v) is 1.42. The molecule has 3 nitrogen and oxygen atoms in total. The molecule has 0 aromatic carbocycles. The molecular formula is C5H5ClF3N3. The number of halogens is 4. The molecule has 0 saturated heterocycles. The molecular weight excluding hydrogens is 195 g/mol. The molecule has 0 fully saturated rings. The van der Waals surface area contributed by atoms with Crippen molar-refractivity contribution in [3.63, 3.8) is 0 Å². The molecule has 0 aliphatic heterocycles. The zero-order valence-corrected chi connectivity index (χ0v) is 6.82. The summed E-state index contributed by atoms with van der Waals surface area (Å²) in [5.41, 5.74) is 0. The van der Waals surface area contributed by atoms with Gasteiger partial charge in [-0.1, -0.05) is 0 Å². The quantitative estimate of drug-likeness (QED) is 0.643. The molecule has 0 saturated carbocycles. The second kappa shape index (κ2) is 2.93. The largest absolute Gasteiger partial charge is 0.451 e. The van der Waals surface area contributed by atoms with Crippen molar-refractivity contribution in [2.24, 2.45) is 7.05 Å². The van der Waals surface area contributed by atoms with E-state index in [9.17, 15) is 13.2 Å². The lowest BCUT2D eigenvalue weighted by Crippen LogP contribution is -2.13. The zero-order chi connectivity index (χ0) is 9.35. The fraction of sp³-hybridized carbons (Fsp3) is 0.600. The van der Waals surface area contributed by atoms with E-state index in [0.29, 0.717) is 4.68 Å². The Labute approximate surface area is 71.2 Å². The van der Waals surface area contributed by atoms with Crippen molar-refractivity contribution in [2.75, 3.05) is 0 Å². The van der Waals surface area contributed by atoms with Crippen molar-refractivity contribution in [1.82, 2.24) is 14.8 Å². The van der Waals surface area contributed by atoms with Crippen LogP contribution in [0.25, 0.3) is 0 Å². The fourth-order valence-corrected chi connectivity index (χ4v) is 0.854. The molecule has 0 aliphatic rings. The van der Waals surface area contributed by atoms with Crippen LogP contribution in [0.3, 0.4) is 0 Å². The van der Waals surface area contributed by atoms with Crippen molar-refractivity contribution in [3.05, 3.63) is 11.6 Å². The summed E-state index contributed by atoms with van der Waals surface area (Å²) in [6.45, 7) is 0. The van der Waals surface area contributed by atoms with Crippen LogP contribution in [-0.4, -0.2) is 14.8 Å². The average molecular weight is 200 g/mol. The highest BCUT2D eigenvalue weighted by Gasteiger charge is 2.36. The van der Waals surface area contributed by atoms with E-state index in [-0.39, 0.29) is 11.7 Å². The van der Waals surface area contributed by atoms with Gasteiger partial charge in [-0.2, -0.15) is 18.3 Å². The molecule has 0 bridgehead atoms. The van der Waals surface area contributed by atoms with E-state index in [4.69, 9.17) is 11.6 Å². The average Bonchev–Trinajstić information content (AvgIpc) is 2.29. The maximum Gasteiger partial charge on any atom is 0.451 e. The molecule has 0 atom stereocenters. The number of hydrogen-bond donors (Lipinski definition) is 0. The van der Waals surface area contributed by atoms with Gasteiger partial charge in [0, 0.05) is 7.05 Å². The second-order valence-corrected chi connectivity index (χ2v) is 2.37. The summed E-state index contributed by atoms with van der Waals surface area (Å²) in [7, 11) is 1.17. The number of aromatic nitrogens is 3. The Bertz CT molecular complexity index is 280. The van der Waals surface area contributed by atoms with Gasteiger partial charge in [-0.3, -0.25) is 0 Å². The summed E-state index contributed by atoms with van der Waals surface area (Å²) in [5.74, 6) is -1.17. The highest BCUT2D eigenvalue weighted by molar-refractivity contribution is 6.16. The minimum atomic E-state index is -4.47. The maximum absolute atomic E-state index is 12.0. The van der Waals surface area contributed by atoms with E-state index in [1.165, 1.54) is 7.05 Å². The first kappa shape index (κ1) is 9.31. The Morgan fingerprint density at radius 3 is 2.33 bits per heavy atom. The van der Waals surface area contributed by atoms with Gasteiger partial charge >= 0.3 is 6.18 Å². The van der Waals surface area contributed by atoms with E-state index >= 15 is 0 Å². The predicted molar refractivity (Wildman–Crippen MR) is 35.6 cm³/mol. The van der Waals surface area contributed by atoms with Gasteiger partial charge in [0.15, 0.2) is 5.82 Å². The van der Waals surface area contributed by atoms with Crippen molar-refractivity contribution in [3.8, 4) is 0 Å². The molecule has 1 aromatic heterocycles. The van der Waals surface area contributed by atoms with Crippen LogP contribution in [0.15, 0.2) is 0 Å². The first-order valence-corrected chi connectivity index (χ1v) is 3.51. The van der Waals surface area contributed by atoms with Crippen LogP contribution in [-0.2, 0) is 19.1 Å². The Balaban J connectivity index is 3.08. The number of alkyl halides is 4. The highest BCUT2D eigenvalue weighted by atomic mass is 35.5. The van der Waals surface area contributed by atoms with Gasteiger partial charge in [0.05, 0.1) is 5.88 Å². The Kier molecular flexibility index (Phi) is 2.27. The summed E-state index contributed by atoms with van der Waals surface area (Å²) >= 11 is 5.26. The lowest BCUT2D eigenvalue weighted by Gasteiger charge is -2.02. The van der Waals surface area contributed by atoms with Crippen LogP contribution >= 0.6 is 11.6 Å². The zero-order valence-electron chi connectivity index (χ0n) is 6.06. The van der Waals surface area contributed by atoms with Crippen LogP contribution in [0, 0.1) is 0 Å². The minimum Gasteiger partial charge on any atom is -0.245 e. The second-order valence-electron chi connectivity index (χ2n) is 2.11. The van der Waals surface area contributed by atoms with E-state index in [1.807, 2.05) is 0 Å². The first-order valence-electron chi connectivity index (χ1n) is 2.98. The molecule has 12 heavy (non-hydrogen) atoms. The SMILES string of the molecule is Cn1nc(CCl)nc1C(F)(F)F. The van der Waals surface area contributed by atoms with Crippen LogP contribution in [0.5, 0.6) is 0 Å². The van der Waals surface area contributed by atoms with E-state index in [0.717, 1.165) is 0 Å². The highest BCUT2D eigenvalue weighted by Crippen LogP contribution is 2.27. The molecule has 0 amide bonds. The van der Waals surface area contributed by atoms with Gasteiger partial charge < -0.3 is 0 Å². The molecule has 0 unspecified atom stereocenters. The molecule has 1 aromatic rings. The van der Waals surface area contributed by atoms with Gasteiger partial charge in [0.25, 0.3) is 0 Å². The molecule has 1 rings (SSSR count). The Morgan fingerprint density at radius 1 is 1.50 bits per heavy atom. The summed E-state index contributed by atoms with van der Waals surface area (Å²) in [4.78, 5) is 3.19. The molecule has 1 heterocycles. The Morgan fingerprint density at radius 2 is 2.08 bits per heavy atom. The standard InChI is InChI=1S/C5H5ClF3N3/c1-12-4(5(7,8)9)10-3(2-6)11-12/h2H2,1H3. The van der Waals surface area contributed by atoms with Crippen LogP contribution < -0.4 is 0 Å². The number of rotatable bonds is 1.